The topological polar surface area (TPSA) is 172 Å². The second-order valence-corrected chi connectivity index (χ2v) is 15.3. The Hall–Kier alpha value is -5.38. The highest BCUT2D eigenvalue weighted by Gasteiger charge is 2.29. The molecule has 292 valence electrons. The van der Waals surface area contributed by atoms with Crippen LogP contribution in [0.15, 0.2) is 60.9 Å². The molecular formula is C42H52N12O2. The number of hydrogen-bond acceptors (Lipinski definition) is 14. The van der Waals surface area contributed by atoms with Gasteiger partial charge in [-0.3, -0.25) is 0 Å². The number of morpholine rings is 2. The Kier molecular flexibility index (Phi) is 12.8. The van der Waals surface area contributed by atoms with Crippen molar-refractivity contribution in [3.8, 4) is 34.7 Å². The minimum Gasteiger partial charge on any atom is -0.378 e. The lowest BCUT2D eigenvalue weighted by Crippen LogP contribution is -2.48. The van der Waals surface area contributed by atoms with Gasteiger partial charge in [-0.05, 0) is 89.0 Å². The Morgan fingerprint density at radius 3 is 1.64 bits per heavy atom. The van der Waals surface area contributed by atoms with Crippen LogP contribution in [-0.4, -0.2) is 111 Å². The van der Waals surface area contributed by atoms with Crippen LogP contribution in [0.1, 0.15) is 37.8 Å². The third kappa shape index (κ3) is 10.1. The van der Waals surface area contributed by atoms with Gasteiger partial charge in [-0.15, -0.1) is 0 Å². The van der Waals surface area contributed by atoms with Gasteiger partial charge in [-0.1, -0.05) is 24.3 Å². The number of rotatable bonds is 10. The molecule has 2 aromatic carbocycles. The molecule has 4 aromatic rings. The molecule has 0 unspecified atom stereocenters. The number of anilines is 4. The van der Waals surface area contributed by atoms with Gasteiger partial charge in [-0.25, -0.2) is 19.9 Å². The van der Waals surface area contributed by atoms with E-state index >= 15 is 0 Å². The molecule has 14 heteroatoms. The van der Waals surface area contributed by atoms with Crippen molar-refractivity contribution in [2.45, 2.75) is 32.3 Å². The second kappa shape index (κ2) is 18.5. The highest BCUT2D eigenvalue weighted by molar-refractivity contribution is 5.77. The predicted molar refractivity (Wildman–Crippen MR) is 219 cm³/mol. The first-order chi connectivity index (χ1) is 27.4. The lowest BCUT2D eigenvalue weighted by Gasteiger charge is -2.39. The zero-order chi connectivity index (χ0) is 38.7. The van der Waals surface area contributed by atoms with Crippen LogP contribution in [0.2, 0.25) is 0 Å². The third-order valence-electron chi connectivity index (χ3n) is 10.7. The summed E-state index contributed by atoms with van der Waals surface area (Å²) in [5.41, 5.74) is 6.83. The van der Waals surface area contributed by atoms with Crippen molar-refractivity contribution >= 4 is 23.3 Å². The summed E-state index contributed by atoms with van der Waals surface area (Å²) in [7, 11) is 0. The lowest BCUT2D eigenvalue weighted by molar-refractivity contribution is -0.0276. The van der Waals surface area contributed by atoms with Crippen LogP contribution < -0.4 is 31.1 Å². The molecule has 4 N–H and O–H groups in total. The summed E-state index contributed by atoms with van der Waals surface area (Å²) in [6, 6.07) is 19.5. The molecule has 6 heterocycles. The van der Waals surface area contributed by atoms with Crippen molar-refractivity contribution < 1.29 is 9.47 Å². The summed E-state index contributed by atoms with van der Waals surface area (Å²) in [5.74, 6) is 2.52. The Labute approximate surface area is 329 Å². The normalized spacial score (nSPS) is 20.4. The van der Waals surface area contributed by atoms with E-state index in [0.717, 1.165) is 99.3 Å². The molecule has 2 aromatic heterocycles. The number of nitriles is 2. The zero-order valence-electron chi connectivity index (χ0n) is 32.4. The summed E-state index contributed by atoms with van der Waals surface area (Å²) in [5, 5.41) is 31.8. The van der Waals surface area contributed by atoms with Gasteiger partial charge in [0.1, 0.15) is 0 Å². The Balaban J connectivity index is 0.000000172. The molecule has 14 nitrogen and oxygen atoms in total. The van der Waals surface area contributed by atoms with Gasteiger partial charge in [0.05, 0.1) is 83.8 Å². The maximum Gasteiger partial charge on any atom is 0.223 e. The number of nitrogens with one attached hydrogen (secondary N) is 4. The average molecular weight is 757 g/mol. The van der Waals surface area contributed by atoms with Gasteiger partial charge < -0.3 is 40.5 Å². The summed E-state index contributed by atoms with van der Waals surface area (Å²) in [4.78, 5) is 23.4. The molecule has 2 atom stereocenters. The van der Waals surface area contributed by atoms with Crippen LogP contribution in [0.5, 0.6) is 0 Å². The van der Waals surface area contributed by atoms with E-state index in [0.29, 0.717) is 54.7 Å². The number of ether oxygens (including phenoxy) is 2. The lowest BCUT2D eigenvalue weighted by atomic mass is 10.0. The van der Waals surface area contributed by atoms with Crippen molar-refractivity contribution in [2.75, 3.05) is 106 Å². The molecule has 8 rings (SSSR count). The van der Waals surface area contributed by atoms with Crippen molar-refractivity contribution in [2.24, 2.45) is 11.8 Å². The smallest absolute Gasteiger partial charge is 0.223 e. The number of benzene rings is 2. The second-order valence-electron chi connectivity index (χ2n) is 15.3. The van der Waals surface area contributed by atoms with Crippen molar-refractivity contribution in [3.05, 3.63) is 72.1 Å². The largest absolute Gasteiger partial charge is 0.378 e. The van der Waals surface area contributed by atoms with Gasteiger partial charge >= 0.3 is 0 Å². The van der Waals surface area contributed by atoms with Crippen LogP contribution in [0.4, 0.5) is 23.3 Å². The molecule has 0 radical (unpaired) electrons. The highest BCUT2D eigenvalue weighted by Crippen LogP contribution is 2.33. The molecular weight excluding hydrogens is 705 g/mol. The van der Waals surface area contributed by atoms with E-state index in [-0.39, 0.29) is 5.60 Å². The van der Waals surface area contributed by atoms with E-state index in [4.69, 9.17) is 30.0 Å². The van der Waals surface area contributed by atoms with Crippen LogP contribution >= 0.6 is 0 Å². The number of nitrogens with zero attached hydrogens (tertiary/aromatic N) is 8. The fourth-order valence-electron chi connectivity index (χ4n) is 7.49. The van der Waals surface area contributed by atoms with Crippen LogP contribution in [0, 0.1) is 34.5 Å². The first kappa shape index (κ1) is 38.9. The Morgan fingerprint density at radius 2 is 1.20 bits per heavy atom. The number of hydrogen-bond donors (Lipinski definition) is 4. The average Bonchev–Trinajstić information content (AvgIpc) is 3.98. The fraction of sp³-hybridized carbons (Fsp3) is 0.476. The molecule has 0 amide bonds. The van der Waals surface area contributed by atoms with Crippen molar-refractivity contribution in [1.82, 2.24) is 30.6 Å². The van der Waals surface area contributed by atoms with Crippen molar-refractivity contribution in [1.29, 1.82) is 10.5 Å². The zero-order valence-corrected chi connectivity index (χ0v) is 32.4. The maximum absolute atomic E-state index is 9.12. The van der Waals surface area contributed by atoms with E-state index in [1.54, 1.807) is 0 Å². The molecule has 0 bridgehead atoms. The Bertz CT molecular complexity index is 1980. The van der Waals surface area contributed by atoms with Crippen LogP contribution in [-0.2, 0) is 9.47 Å². The summed E-state index contributed by atoms with van der Waals surface area (Å²) in [6.07, 6.45) is 6.18. The monoisotopic (exact) mass is 756 g/mol. The molecule has 4 saturated heterocycles. The molecule has 56 heavy (non-hydrogen) atoms. The summed E-state index contributed by atoms with van der Waals surface area (Å²) in [6.45, 7) is 15.5. The van der Waals surface area contributed by atoms with E-state index in [9.17, 15) is 0 Å². The van der Waals surface area contributed by atoms with E-state index in [1.807, 2.05) is 60.9 Å². The van der Waals surface area contributed by atoms with E-state index in [2.05, 4.69) is 67.0 Å². The fourth-order valence-corrected chi connectivity index (χ4v) is 7.49. The molecule has 0 aliphatic carbocycles. The van der Waals surface area contributed by atoms with Gasteiger partial charge in [0.2, 0.25) is 11.9 Å². The first-order valence-electron chi connectivity index (χ1n) is 19.7. The minimum atomic E-state index is -0.216. The SMILES string of the molecule is CC1(C)CN(c2cnc(NC[C@H]3CCNC3)nc2-c2ccc(C#N)cc2)CCO1.N#Cc1ccc(-c2nc(NC[C@H]3CCNC3)ncc2N2CCOCC2)cc1. The quantitative estimate of drug-likeness (QED) is 0.178. The first-order valence-corrected chi connectivity index (χ1v) is 19.7. The van der Waals surface area contributed by atoms with Gasteiger partial charge in [0.15, 0.2) is 0 Å². The summed E-state index contributed by atoms with van der Waals surface area (Å²) >= 11 is 0. The van der Waals surface area contributed by atoms with Crippen LogP contribution in [0.3, 0.4) is 0 Å². The van der Waals surface area contributed by atoms with Gasteiger partial charge in [0, 0.05) is 50.4 Å². The molecule has 4 fully saturated rings. The van der Waals surface area contributed by atoms with E-state index in [1.165, 1.54) is 12.8 Å². The molecule has 4 aliphatic rings. The minimum absolute atomic E-state index is 0.216. The predicted octanol–water partition coefficient (Wildman–Crippen LogP) is 4.53. The van der Waals surface area contributed by atoms with Gasteiger partial charge in [-0.2, -0.15) is 10.5 Å². The third-order valence-corrected chi connectivity index (χ3v) is 10.7. The maximum atomic E-state index is 9.12. The van der Waals surface area contributed by atoms with E-state index < -0.39 is 0 Å². The Morgan fingerprint density at radius 1 is 0.714 bits per heavy atom. The van der Waals surface area contributed by atoms with Crippen LogP contribution in [0.25, 0.3) is 22.5 Å². The standard InChI is InChI=1S/C22H28N6O.C20H24N6O/c1-22(2)15-28(9-10-29-22)19-14-26-21(25-13-17-7-8-24-12-17)27-20(19)18-5-3-16(11-23)4-6-18;21-11-15-1-3-17(4-2-15)19-18(26-7-9-27-10-8-26)14-24-20(25-19)23-13-16-5-6-22-12-16/h3-6,14,17,24H,7-10,12-13,15H2,1-2H3,(H,25,26,27);1-4,14,16,22H,5-10,12-13H2,(H,23,24,25)/t17-;16-/m00/s1. The molecule has 0 saturated carbocycles. The van der Waals surface area contributed by atoms with Crippen molar-refractivity contribution in [3.63, 3.8) is 0 Å². The number of aromatic nitrogens is 4. The molecule has 0 spiro atoms. The highest BCUT2D eigenvalue weighted by atomic mass is 16.5. The summed E-state index contributed by atoms with van der Waals surface area (Å²) < 4.78 is 11.4. The van der Waals surface area contributed by atoms with Gasteiger partial charge in [0.25, 0.3) is 0 Å². The molecule has 4 aliphatic heterocycles.